The molecule has 0 aromatic carbocycles. The van der Waals surface area contributed by atoms with Gasteiger partial charge in [-0.25, -0.2) is 4.98 Å². The van der Waals surface area contributed by atoms with Gasteiger partial charge < -0.3 is 9.72 Å². The number of hydrogen-bond donors (Lipinski definition) is 1. The SMILES string of the molecule is CCc1nc(OC2CCCCC2)cc(=O)[nH]1. The Morgan fingerprint density at radius 2 is 2.19 bits per heavy atom. The van der Waals surface area contributed by atoms with Crippen LogP contribution in [0.25, 0.3) is 0 Å². The average Bonchev–Trinajstić information content (AvgIpc) is 2.29. The summed E-state index contributed by atoms with van der Waals surface area (Å²) in [7, 11) is 0. The predicted molar refractivity (Wildman–Crippen MR) is 61.7 cm³/mol. The Bertz CT molecular complexity index is 394. The second-order valence-electron chi connectivity index (χ2n) is 4.26. The molecule has 0 radical (unpaired) electrons. The number of aromatic nitrogens is 2. The summed E-state index contributed by atoms with van der Waals surface area (Å²) in [5.74, 6) is 1.17. The van der Waals surface area contributed by atoms with Crippen LogP contribution >= 0.6 is 0 Å². The van der Waals surface area contributed by atoms with Gasteiger partial charge in [0.25, 0.3) is 5.56 Å². The number of rotatable bonds is 3. The predicted octanol–water partition coefficient (Wildman–Crippen LogP) is 2.04. The Morgan fingerprint density at radius 1 is 1.44 bits per heavy atom. The van der Waals surface area contributed by atoms with Crippen molar-refractivity contribution in [3.8, 4) is 5.88 Å². The Morgan fingerprint density at radius 3 is 2.88 bits per heavy atom. The van der Waals surface area contributed by atoms with Crippen molar-refractivity contribution in [2.75, 3.05) is 0 Å². The summed E-state index contributed by atoms with van der Waals surface area (Å²) < 4.78 is 5.75. The largest absolute Gasteiger partial charge is 0.474 e. The van der Waals surface area contributed by atoms with E-state index in [1.54, 1.807) is 0 Å². The van der Waals surface area contributed by atoms with Crippen molar-refractivity contribution in [1.29, 1.82) is 0 Å². The van der Waals surface area contributed by atoms with Crippen molar-refractivity contribution in [1.82, 2.24) is 9.97 Å². The maximum absolute atomic E-state index is 11.3. The van der Waals surface area contributed by atoms with Gasteiger partial charge in [0.1, 0.15) is 11.9 Å². The molecule has 1 fully saturated rings. The topological polar surface area (TPSA) is 55.0 Å². The van der Waals surface area contributed by atoms with Crippen molar-refractivity contribution < 1.29 is 4.74 Å². The molecule has 0 amide bonds. The Hall–Kier alpha value is -1.32. The van der Waals surface area contributed by atoms with Crippen LogP contribution in [0.2, 0.25) is 0 Å². The highest BCUT2D eigenvalue weighted by atomic mass is 16.5. The summed E-state index contributed by atoms with van der Waals surface area (Å²) in [6.07, 6.45) is 6.85. The first-order chi connectivity index (χ1) is 7.78. The molecule has 2 rings (SSSR count). The molecule has 1 aliphatic rings. The van der Waals surface area contributed by atoms with Gasteiger partial charge in [-0.05, 0) is 25.7 Å². The van der Waals surface area contributed by atoms with E-state index in [2.05, 4.69) is 9.97 Å². The minimum Gasteiger partial charge on any atom is -0.474 e. The van der Waals surface area contributed by atoms with Crippen LogP contribution in [0.5, 0.6) is 5.88 Å². The van der Waals surface area contributed by atoms with E-state index in [4.69, 9.17) is 4.74 Å². The minimum absolute atomic E-state index is 0.127. The molecule has 1 aromatic rings. The third-order valence-corrected chi connectivity index (χ3v) is 2.94. The van der Waals surface area contributed by atoms with Gasteiger partial charge in [-0.1, -0.05) is 13.3 Å². The summed E-state index contributed by atoms with van der Waals surface area (Å²) >= 11 is 0. The molecule has 1 aromatic heterocycles. The number of nitrogens with one attached hydrogen (secondary N) is 1. The van der Waals surface area contributed by atoms with Gasteiger partial charge >= 0.3 is 0 Å². The molecule has 0 unspecified atom stereocenters. The van der Waals surface area contributed by atoms with E-state index >= 15 is 0 Å². The molecule has 0 atom stereocenters. The van der Waals surface area contributed by atoms with Crippen molar-refractivity contribution >= 4 is 0 Å². The lowest BCUT2D eigenvalue weighted by atomic mass is 9.98. The second kappa shape index (κ2) is 5.14. The lowest BCUT2D eigenvalue weighted by Gasteiger charge is -2.22. The van der Waals surface area contributed by atoms with Gasteiger partial charge in [-0.15, -0.1) is 0 Å². The van der Waals surface area contributed by atoms with E-state index < -0.39 is 0 Å². The van der Waals surface area contributed by atoms with Gasteiger partial charge in [0.15, 0.2) is 0 Å². The maximum atomic E-state index is 11.3. The summed E-state index contributed by atoms with van der Waals surface area (Å²) in [5, 5.41) is 0. The molecule has 1 heterocycles. The first-order valence-electron chi connectivity index (χ1n) is 6.05. The monoisotopic (exact) mass is 222 g/mol. The standard InChI is InChI=1S/C12H18N2O2/c1-2-10-13-11(15)8-12(14-10)16-9-6-4-3-5-7-9/h8-9H,2-7H2,1H3,(H,13,14,15). The summed E-state index contributed by atoms with van der Waals surface area (Å²) in [6.45, 7) is 1.96. The van der Waals surface area contributed by atoms with E-state index in [-0.39, 0.29) is 11.7 Å². The molecule has 1 N–H and O–H groups in total. The maximum Gasteiger partial charge on any atom is 0.254 e. The highest BCUT2D eigenvalue weighted by Gasteiger charge is 2.15. The molecule has 0 saturated heterocycles. The molecule has 1 saturated carbocycles. The van der Waals surface area contributed by atoms with Crippen molar-refractivity contribution in [2.24, 2.45) is 0 Å². The third-order valence-electron chi connectivity index (χ3n) is 2.94. The normalized spacial score (nSPS) is 17.3. The number of aryl methyl sites for hydroxylation is 1. The highest BCUT2D eigenvalue weighted by molar-refractivity contribution is 5.09. The van der Waals surface area contributed by atoms with Crippen LogP contribution in [-0.2, 0) is 6.42 Å². The van der Waals surface area contributed by atoms with E-state index in [1.165, 1.54) is 25.3 Å². The zero-order valence-corrected chi connectivity index (χ0v) is 9.66. The van der Waals surface area contributed by atoms with Crippen LogP contribution in [0.4, 0.5) is 0 Å². The first-order valence-corrected chi connectivity index (χ1v) is 6.05. The number of ether oxygens (including phenoxy) is 1. The average molecular weight is 222 g/mol. The van der Waals surface area contributed by atoms with Crippen molar-refractivity contribution in [3.63, 3.8) is 0 Å². The minimum atomic E-state index is -0.127. The molecular formula is C12H18N2O2. The number of aromatic amines is 1. The Labute approximate surface area is 95.1 Å². The molecule has 0 aliphatic heterocycles. The molecule has 16 heavy (non-hydrogen) atoms. The summed E-state index contributed by atoms with van der Waals surface area (Å²) in [5.41, 5.74) is -0.127. The molecule has 4 nitrogen and oxygen atoms in total. The highest BCUT2D eigenvalue weighted by Crippen LogP contribution is 2.21. The zero-order valence-electron chi connectivity index (χ0n) is 9.66. The fourth-order valence-corrected chi connectivity index (χ4v) is 2.07. The zero-order chi connectivity index (χ0) is 11.4. The van der Waals surface area contributed by atoms with Crippen LogP contribution in [-0.4, -0.2) is 16.1 Å². The summed E-state index contributed by atoms with van der Waals surface area (Å²) in [6, 6.07) is 1.44. The van der Waals surface area contributed by atoms with Gasteiger partial charge in [-0.2, -0.15) is 0 Å². The van der Waals surface area contributed by atoms with Crippen molar-refractivity contribution in [3.05, 3.63) is 22.2 Å². The molecule has 1 aliphatic carbocycles. The van der Waals surface area contributed by atoms with Gasteiger partial charge in [0.05, 0.1) is 6.07 Å². The van der Waals surface area contributed by atoms with E-state index in [1.807, 2.05) is 6.92 Å². The lowest BCUT2D eigenvalue weighted by molar-refractivity contribution is 0.148. The molecule has 4 heteroatoms. The van der Waals surface area contributed by atoms with E-state index in [0.717, 1.165) is 19.3 Å². The quantitative estimate of drug-likeness (QED) is 0.851. The fraction of sp³-hybridized carbons (Fsp3) is 0.667. The molecule has 88 valence electrons. The number of hydrogen-bond acceptors (Lipinski definition) is 3. The smallest absolute Gasteiger partial charge is 0.254 e. The van der Waals surface area contributed by atoms with Crippen LogP contribution < -0.4 is 10.3 Å². The van der Waals surface area contributed by atoms with Crippen LogP contribution in [0.3, 0.4) is 0 Å². The molecule has 0 spiro atoms. The Balaban J connectivity index is 2.07. The van der Waals surface area contributed by atoms with Crippen LogP contribution in [0.1, 0.15) is 44.9 Å². The summed E-state index contributed by atoms with van der Waals surface area (Å²) in [4.78, 5) is 18.3. The number of nitrogens with zero attached hydrogens (tertiary/aromatic N) is 1. The van der Waals surface area contributed by atoms with Crippen LogP contribution in [0, 0.1) is 0 Å². The third kappa shape index (κ3) is 2.84. The van der Waals surface area contributed by atoms with Crippen molar-refractivity contribution in [2.45, 2.75) is 51.6 Å². The van der Waals surface area contributed by atoms with Gasteiger partial charge in [0, 0.05) is 6.42 Å². The first kappa shape index (κ1) is 11.2. The van der Waals surface area contributed by atoms with Crippen LogP contribution in [0.15, 0.2) is 10.9 Å². The fourth-order valence-electron chi connectivity index (χ4n) is 2.07. The molecular weight excluding hydrogens is 204 g/mol. The second-order valence-corrected chi connectivity index (χ2v) is 4.26. The van der Waals surface area contributed by atoms with Gasteiger partial charge in [-0.3, -0.25) is 4.79 Å². The number of H-pyrrole nitrogens is 1. The van der Waals surface area contributed by atoms with Gasteiger partial charge in [0.2, 0.25) is 5.88 Å². The molecule has 0 bridgehead atoms. The van der Waals surface area contributed by atoms with E-state index in [0.29, 0.717) is 11.7 Å². The van der Waals surface area contributed by atoms with E-state index in [9.17, 15) is 4.79 Å². The Kier molecular flexibility index (Phi) is 3.59. The lowest BCUT2D eigenvalue weighted by Crippen LogP contribution is -2.22.